The van der Waals surface area contributed by atoms with Gasteiger partial charge in [-0.3, -0.25) is 19.2 Å². The first-order valence-corrected chi connectivity index (χ1v) is 17.2. The predicted octanol–water partition coefficient (Wildman–Crippen LogP) is 4.88. The fourth-order valence-corrected chi connectivity index (χ4v) is 7.33. The second-order valence-corrected chi connectivity index (χ2v) is 13.5. The van der Waals surface area contributed by atoms with Gasteiger partial charge in [-0.05, 0) is 47.9 Å². The Bertz CT molecular complexity index is 1900. The van der Waals surface area contributed by atoms with E-state index < -0.39 is 12.1 Å². The summed E-state index contributed by atoms with van der Waals surface area (Å²) in [4.78, 5) is 67.7. The van der Waals surface area contributed by atoms with Gasteiger partial charge in [0.15, 0.2) is 0 Å². The van der Waals surface area contributed by atoms with Crippen molar-refractivity contribution in [2.24, 2.45) is 5.92 Å². The van der Waals surface area contributed by atoms with Crippen LogP contribution in [0.3, 0.4) is 0 Å². The number of aromatic nitrogens is 3. The van der Waals surface area contributed by atoms with Crippen LogP contribution in [-0.4, -0.2) is 63.1 Å². The lowest BCUT2D eigenvalue weighted by Gasteiger charge is -2.24. The standard InChI is InChI=1S/C34H35N7O4S2/c1-20(2)29-33-39-26(18-47-33)30(43)36-12-6-14-41(34(45)23-10-9-22-11-13-35-24(22)16-23)17-28(42)37-25(15-21-7-4-3-5-8-21)32-38-27(19-46-32)31(44)40-29/h3-5,7-11,13,16,18-20,25,29,35H,6,12,14-15,17H2,1-2H3,(H,36,43)(H,37,42)(H,40,44)/t25-,29-/m0/s1. The number of amides is 4. The molecule has 0 saturated carbocycles. The zero-order chi connectivity index (χ0) is 32.9. The highest BCUT2D eigenvalue weighted by Gasteiger charge is 2.27. The van der Waals surface area contributed by atoms with Crippen molar-refractivity contribution >= 4 is 57.2 Å². The molecule has 13 heteroatoms. The predicted molar refractivity (Wildman–Crippen MR) is 181 cm³/mol. The van der Waals surface area contributed by atoms with E-state index in [1.54, 1.807) is 22.9 Å². The summed E-state index contributed by atoms with van der Waals surface area (Å²) < 4.78 is 0. The summed E-state index contributed by atoms with van der Waals surface area (Å²) in [6.45, 7) is 4.25. The third kappa shape index (κ3) is 7.58. The molecule has 4 amide bonds. The van der Waals surface area contributed by atoms with Gasteiger partial charge in [0.2, 0.25) is 5.91 Å². The Morgan fingerprint density at radius 1 is 0.936 bits per heavy atom. The number of carbonyl (C=O) groups is 4. The Hall–Kier alpha value is -4.88. The maximum Gasteiger partial charge on any atom is 0.271 e. The number of rotatable bonds is 4. The minimum atomic E-state index is -0.535. The lowest BCUT2D eigenvalue weighted by molar-refractivity contribution is -0.122. The van der Waals surface area contributed by atoms with E-state index in [9.17, 15) is 19.2 Å². The lowest BCUT2D eigenvalue weighted by atomic mass is 10.0. The molecular weight excluding hydrogens is 635 g/mol. The van der Waals surface area contributed by atoms with Crippen LogP contribution in [0.2, 0.25) is 0 Å². The Labute approximate surface area is 279 Å². The molecular formula is C34H35N7O4S2. The smallest absolute Gasteiger partial charge is 0.271 e. The number of hydrogen-bond donors (Lipinski definition) is 4. The van der Waals surface area contributed by atoms with Crippen molar-refractivity contribution in [3.63, 3.8) is 0 Å². The number of aromatic amines is 1. The number of carbonyl (C=O) groups excluding carboxylic acids is 4. The normalized spacial score (nSPS) is 18.2. The fraction of sp³-hybridized carbons (Fsp3) is 0.294. The van der Waals surface area contributed by atoms with E-state index >= 15 is 0 Å². The maximum absolute atomic E-state index is 13.8. The van der Waals surface area contributed by atoms with Crippen molar-refractivity contribution < 1.29 is 19.2 Å². The van der Waals surface area contributed by atoms with Gasteiger partial charge < -0.3 is 25.8 Å². The first kappa shape index (κ1) is 32.1. The molecule has 0 aliphatic carbocycles. The molecule has 11 nitrogen and oxygen atoms in total. The molecule has 4 N–H and O–H groups in total. The van der Waals surface area contributed by atoms with E-state index in [1.807, 2.05) is 62.5 Å². The van der Waals surface area contributed by atoms with Crippen molar-refractivity contribution in [1.29, 1.82) is 0 Å². The second kappa shape index (κ2) is 14.3. The number of thiazole rings is 2. The quantitative estimate of drug-likeness (QED) is 0.214. The number of nitrogens with one attached hydrogen (secondary N) is 4. The van der Waals surface area contributed by atoms with Crippen LogP contribution in [0.4, 0.5) is 0 Å². The summed E-state index contributed by atoms with van der Waals surface area (Å²) in [6, 6.07) is 16.1. The van der Waals surface area contributed by atoms with Crippen LogP contribution in [-0.2, 0) is 11.2 Å². The largest absolute Gasteiger partial charge is 0.361 e. The highest BCUT2D eigenvalue weighted by atomic mass is 32.1. The number of H-pyrrole nitrogens is 1. The third-order valence-corrected chi connectivity index (χ3v) is 9.84. The first-order valence-electron chi connectivity index (χ1n) is 15.4. The summed E-state index contributed by atoms with van der Waals surface area (Å²) in [7, 11) is 0. The highest BCUT2D eigenvalue weighted by molar-refractivity contribution is 7.10. The minimum Gasteiger partial charge on any atom is -0.361 e. The molecule has 0 radical (unpaired) electrons. The van der Waals surface area contributed by atoms with Gasteiger partial charge in [-0.1, -0.05) is 50.2 Å². The molecule has 0 spiro atoms. The number of hydrogen-bond acceptors (Lipinski definition) is 8. The van der Waals surface area contributed by atoms with Crippen molar-refractivity contribution in [3.05, 3.63) is 104 Å². The summed E-state index contributed by atoms with van der Waals surface area (Å²) in [5, 5.41) is 14.5. The van der Waals surface area contributed by atoms with Gasteiger partial charge in [-0.25, -0.2) is 9.97 Å². The number of benzene rings is 2. The van der Waals surface area contributed by atoms with E-state index in [4.69, 9.17) is 0 Å². The van der Waals surface area contributed by atoms with E-state index in [0.717, 1.165) is 16.5 Å². The summed E-state index contributed by atoms with van der Waals surface area (Å²) in [5.74, 6) is -1.38. The SMILES string of the molecule is CC(C)[C@@H]1NC(=O)c2csc(n2)[C@H](Cc2ccccc2)NC(=O)CN(C(=O)c2ccc3cc[nH]c3c2)CCCNC(=O)c2csc1n2. The van der Waals surface area contributed by atoms with Crippen molar-refractivity contribution in [1.82, 2.24) is 35.8 Å². The van der Waals surface area contributed by atoms with Crippen LogP contribution in [0.25, 0.3) is 10.9 Å². The minimum absolute atomic E-state index is 0.000390. The van der Waals surface area contributed by atoms with Gasteiger partial charge in [-0.2, -0.15) is 0 Å². The fourth-order valence-electron chi connectivity index (χ4n) is 5.46. The topological polar surface area (TPSA) is 149 Å². The van der Waals surface area contributed by atoms with Gasteiger partial charge in [-0.15, -0.1) is 22.7 Å². The highest BCUT2D eigenvalue weighted by Crippen LogP contribution is 2.27. The van der Waals surface area contributed by atoms with Crippen LogP contribution in [0.1, 0.15) is 79.3 Å². The molecule has 1 aliphatic heterocycles. The van der Waals surface area contributed by atoms with E-state index in [2.05, 4.69) is 30.9 Å². The van der Waals surface area contributed by atoms with Gasteiger partial charge in [0.1, 0.15) is 21.4 Å². The summed E-state index contributed by atoms with van der Waals surface area (Å²) >= 11 is 2.61. The van der Waals surface area contributed by atoms with Gasteiger partial charge in [0.05, 0.1) is 18.6 Å². The molecule has 4 heterocycles. The molecule has 242 valence electrons. The number of fused-ring (bicyclic) bond motifs is 5. The molecule has 4 bridgehead atoms. The van der Waals surface area contributed by atoms with Crippen LogP contribution >= 0.6 is 22.7 Å². The summed E-state index contributed by atoms with van der Waals surface area (Å²) in [5.41, 5.74) is 2.74. The van der Waals surface area contributed by atoms with Gasteiger partial charge in [0.25, 0.3) is 17.7 Å². The van der Waals surface area contributed by atoms with Crippen molar-refractivity contribution in [2.75, 3.05) is 19.6 Å². The Balaban J connectivity index is 1.32. The molecule has 1 aliphatic rings. The van der Waals surface area contributed by atoms with Crippen LogP contribution in [0, 0.1) is 5.92 Å². The first-order chi connectivity index (χ1) is 22.7. The van der Waals surface area contributed by atoms with E-state index in [0.29, 0.717) is 28.4 Å². The van der Waals surface area contributed by atoms with Crippen molar-refractivity contribution in [3.8, 4) is 0 Å². The maximum atomic E-state index is 13.8. The molecule has 3 aromatic heterocycles. The van der Waals surface area contributed by atoms with E-state index in [-0.39, 0.29) is 60.6 Å². The molecule has 5 aromatic rings. The molecule has 0 fully saturated rings. The average Bonchev–Trinajstić information content (AvgIpc) is 3.85. The lowest BCUT2D eigenvalue weighted by Crippen LogP contribution is -2.43. The van der Waals surface area contributed by atoms with Crippen LogP contribution < -0.4 is 16.0 Å². The molecule has 0 saturated heterocycles. The third-order valence-electron chi connectivity index (χ3n) is 7.96. The van der Waals surface area contributed by atoms with Crippen LogP contribution in [0.5, 0.6) is 0 Å². The van der Waals surface area contributed by atoms with Crippen LogP contribution in [0.15, 0.2) is 71.6 Å². The Morgan fingerprint density at radius 2 is 1.68 bits per heavy atom. The van der Waals surface area contributed by atoms with Gasteiger partial charge in [0, 0.05) is 41.1 Å². The zero-order valence-corrected chi connectivity index (χ0v) is 27.6. The van der Waals surface area contributed by atoms with E-state index in [1.165, 1.54) is 27.6 Å². The zero-order valence-electron chi connectivity index (χ0n) is 26.0. The molecule has 47 heavy (non-hydrogen) atoms. The molecule has 0 unspecified atom stereocenters. The second-order valence-electron chi connectivity index (χ2n) is 11.8. The molecule has 2 atom stereocenters. The molecule has 2 aromatic carbocycles. The molecule has 6 rings (SSSR count). The Morgan fingerprint density at radius 3 is 2.47 bits per heavy atom. The number of nitrogens with zero attached hydrogens (tertiary/aromatic N) is 3. The van der Waals surface area contributed by atoms with Gasteiger partial charge >= 0.3 is 0 Å². The van der Waals surface area contributed by atoms with Crippen molar-refractivity contribution in [2.45, 2.75) is 38.8 Å². The monoisotopic (exact) mass is 669 g/mol. The average molecular weight is 670 g/mol. The summed E-state index contributed by atoms with van der Waals surface area (Å²) in [6.07, 6.45) is 2.67. The Kier molecular flexibility index (Phi) is 9.73.